The van der Waals surface area contributed by atoms with Crippen LogP contribution in [0.3, 0.4) is 0 Å². The zero-order chi connectivity index (χ0) is 24.1. The molecule has 0 aliphatic carbocycles. The van der Waals surface area contributed by atoms with E-state index in [-0.39, 0.29) is 5.82 Å². The van der Waals surface area contributed by atoms with E-state index in [1.165, 1.54) is 37.8 Å². The van der Waals surface area contributed by atoms with E-state index >= 15 is 0 Å². The van der Waals surface area contributed by atoms with Crippen LogP contribution in [-0.2, 0) is 6.42 Å². The maximum atomic E-state index is 13.7. The molecule has 2 saturated heterocycles. The monoisotopic (exact) mass is 483 g/mol. The molecule has 1 aromatic carbocycles. The maximum absolute atomic E-state index is 13.7. The molecule has 0 radical (unpaired) electrons. The van der Waals surface area contributed by atoms with E-state index in [4.69, 9.17) is 10.1 Å². The normalized spacial score (nSPS) is 19.5. The number of piperidine rings is 2. The average Bonchev–Trinajstić information content (AvgIpc) is 3.55. The van der Waals surface area contributed by atoms with Crippen molar-refractivity contribution in [3.05, 3.63) is 60.4 Å². The lowest BCUT2D eigenvalue weighted by Gasteiger charge is -2.45. The molecule has 4 aromatic rings. The number of benzene rings is 1. The third kappa shape index (κ3) is 3.63. The second-order valence-electron chi connectivity index (χ2n) is 10.4. The van der Waals surface area contributed by atoms with E-state index in [0.29, 0.717) is 5.41 Å². The van der Waals surface area contributed by atoms with Crippen LogP contribution in [0.15, 0.2) is 53.9 Å². The summed E-state index contributed by atoms with van der Waals surface area (Å²) in [4.78, 5) is 15.2. The molecule has 2 fully saturated rings. The lowest BCUT2D eigenvalue weighted by Crippen LogP contribution is -2.49. The number of pyridine rings is 1. The molecule has 184 valence electrons. The number of hydrogen-bond donors (Lipinski definition) is 2. The predicted octanol–water partition coefficient (Wildman–Crippen LogP) is 4.81. The summed E-state index contributed by atoms with van der Waals surface area (Å²) in [5.41, 5.74) is 4.96. The predicted molar refractivity (Wildman–Crippen MR) is 139 cm³/mol. The summed E-state index contributed by atoms with van der Waals surface area (Å²) < 4.78 is 15.8. The molecular weight excluding hydrogens is 453 g/mol. The number of hydrogen-bond acceptors (Lipinski definition) is 5. The molecule has 3 aromatic heterocycles. The number of H-pyrrole nitrogens is 1. The Morgan fingerprint density at radius 1 is 0.972 bits per heavy atom. The Morgan fingerprint density at radius 2 is 1.83 bits per heavy atom. The van der Waals surface area contributed by atoms with E-state index in [2.05, 4.69) is 20.2 Å². The van der Waals surface area contributed by atoms with Gasteiger partial charge in [-0.1, -0.05) is 0 Å². The number of rotatable bonds is 2. The lowest BCUT2D eigenvalue weighted by atomic mass is 9.73. The second kappa shape index (κ2) is 8.55. The Bertz CT molecular complexity index is 1430. The van der Waals surface area contributed by atoms with E-state index in [9.17, 15) is 4.39 Å². The van der Waals surface area contributed by atoms with Crippen molar-refractivity contribution in [3.8, 4) is 22.5 Å². The Balaban J connectivity index is 1.31. The van der Waals surface area contributed by atoms with Gasteiger partial charge in [-0.2, -0.15) is 5.10 Å². The SMILES string of the molecule is Fc1ccc(-c2nc3n(c2-c2ccnc4[nH]ccc24)N=C(N2CCC4(CCCNC4)CC2)CC3)cc1. The Labute approximate surface area is 209 Å². The molecule has 7 nitrogen and oxygen atoms in total. The van der Waals surface area contributed by atoms with Crippen molar-refractivity contribution in [3.63, 3.8) is 0 Å². The number of likely N-dealkylation sites (tertiary alicyclic amines) is 1. The summed E-state index contributed by atoms with van der Waals surface area (Å²) in [6.45, 7) is 4.42. The fourth-order valence-electron chi connectivity index (χ4n) is 6.25. The number of aryl methyl sites for hydroxylation is 1. The fraction of sp³-hybridized carbons (Fsp3) is 0.393. The molecule has 0 saturated carbocycles. The zero-order valence-electron chi connectivity index (χ0n) is 20.3. The Morgan fingerprint density at radius 3 is 2.64 bits per heavy atom. The van der Waals surface area contributed by atoms with Crippen molar-refractivity contribution in [1.29, 1.82) is 0 Å². The summed E-state index contributed by atoms with van der Waals surface area (Å²) in [6, 6.07) is 10.7. The first-order chi connectivity index (χ1) is 17.7. The smallest absolute Gasteiger partial charge is 0.137 e. The minimum atomic E-state index is -0.252. The molecule has 0 amide bonds. The molecule has 1 spiro atoms. The van der Waals surface area contributed by atoms with Crippen molar-refractivity contribution in [2.75, 3.05) is 26.2 Å². The molecule has 0 atom stereocenters. The van der Waals surface area contributed by atoms with Gasteiger partial charge in [0.15, 0.2) is 0 Å². The van der Waals surface area contributed by atoms with Crippen LogP contribution in [-0.4, -0.2) is 56.5 Å². The van der Waals surface area contributed by atoms with Gasteiger partial charge in [-0.05, 0) is 74.0 Å². The number of halogens is 1. The highest BCUT2D eigenvalue weighted by molar-refractivity contribution is 5.96. The van der Waals surface area contributed by atoms with E-state index < -0.39 is 0 Å². The lowest BCUT2D eigenvalue weighted by molar-refractivity contribution is 0.110. The van der Waals surface area contributed by atoms with Crippen LogP contribution >= 0.6 is 0 Å². The highest BCUT2D eigenvalue weighted by Gasteiger charge is 2.37. The molecule has 0 unspecified atom stereocenters. The van der Waals surface area contributed by atoms with Crippen LogP contribution in [0.1, 0.15) is 37.9 Å². The maximum Gasteiger partial charge on any atom is 0.137 e. The molecule has 3 aliphatic heterocycles. The van der Waals surface area contributed by atoms with Crippen LogP contribution < -0.4 is 5.32 Å². The van der Waals surface area contributed by atoms with Crippen molar-refractivity contribution >= 4 is 16.9 Å². The van der Waals surface area contributed by atoms with Gasteiger partial charge in [0.05, 0.1) is 5.69 Å². The average molecular weight is 484 g/mol. The molecule has 6 heterocycles. The number of imidazole rings is 1. The summed E-state index contributed by atoms with van der Waals surface area (Å²) in [6.07, 6.45) is 10.5. The van der Waals surface area contributed by atoms with Gasteiger partial charge in [-0.3, -0.25) is 0 Å². The largest absolute Gasteiger partial charge is 0.359 e. The fourth-order valence-corrected chi connectivity index (χ4v) is 6.25. The highest BCUT2D eigenvalue weighted by Crippen LogP contribution is 2.40. The summed E-state index contributed by atoms with van der Waals surface area (Å²) in [5.74, 6) is 1.83. The molecule has 2 N–H and O–H groups in total. The topological polar surface area (TPSA) is 74.1 Å². The Kier molecular flexibility index (Phi) is 5.16. The van der Waals surface area contributed by atoms with Gasteiger partial charge < -0.3 is 15.2 Å². The molecular formula is C28H30FN7. The van der Waals surface area contributed by atoms with Crippen LogP contribution in [0.5, 0.6) is 0 Å². The third-order valence-electron chi connectivity index (χ3n) is 8.29. The van der Waals surface area contributed by atoms with Crippen LogP contribution in [0.2, 0.25) is 0 Å². The van der Waals surface area contributed by atoms with E-state index in [1.807, 2.05) is 29.2 Å². The second-order valence-corrected chi connectivity index (χ2v) is 10.4. The first-order valence-corrected chi connectivity index (χ1v) is 13.0. The van der Waals surface area contributed by atoms with Crippen LogP contribution in [0, 0.1) is 11.2 Å². The molecule has 3 aliphatic rings. The van der Waals surface area contributed by atoms with Crippen LogP contribution in [0.25, 0.3) is 33.5 Å². The van der Waals surface area contributed by atoms with Gasteiger partial charge in [0.25, 0.3) is 0 Å². The molecule has 7 rings (SSSR count). The summed E-state index contributed by atoms with van der Waals surface area (Å²) >= 11 is 0. The molecule has 8 heteroatoms. The Hall–Kier alpha value is -3.52. The number of amidine groups is 1. The third-order valence-corrected chi connectivity index (χ3v) is 8.29. The van der Waals surface area contributed by atoms with Gasteiger partial charge in [-0.15, -0.1) is 0 Å². The number of aromatic amines is 1. The number of aromatic nitrogens is 4. The quantitative estimate of drug-likeness (QED) is 0.429. The van der Waals surface area contributed by atoms with Crippen molar-refractivity contribution in [2.45, 2.75) is 38.5 Å². The number of fused-ring (bicyclic) bond motifs is 2. The van der Waals surface area contributed by atoms with Crippen molar-refractivity contribution < 1.29 is 4.39 Å². The minimum absolute atomic E-state index is 0.252. The first-order valence-electron chi connectivity index (χ1n) is 13.0. The van der Waals surface area contributed by atoms with Gasteiger partial charge in [0.2, 0.25) is 0 Å². The molecule has 0 bridgehead atoms. The number of nitrogens with zero attached hydrogens (tertiary/aromatic N) is 5. The minimum Gasteiger partial charge on any atom is -0.359 e. The summed E-state index contributed by atoms with van der Waals surface area (Å²) in [7, 11) is 0. The van der Waals surface area contributed by atoms with Gasteiger partial charge in [0.1, 0.15) is 28.8 Å². The molecule has 36 heavy (non-hydrogen) atoms. The zero-order valence-corrected chi connectivity index (χ0v) is 20.3. The summed E-state index contributed by atoms with van der Waals surface area (Å²) in [5, 5.41) is 9.85. The van der Waals surface area contributed by atoms with Gasteiger partial charge >= 0.3 is 0 Å². The highest BCUT2D eigenvalue weighted by atomic mass is 19.1. The van der Waals surface area contributed by atoms with Crippen molar-refractivity contribution in [2.24, 2.45) is 10.5 Å². The van der Waals surface area contributed by atoms with Crippen LogP contribution in [0.4, 0.5) is 4.39 Å². The van der Waals surface area contributed by atoms with Gasteiger partial charge in [-0.25, -0.2) is 19.0 Å². The first kappa shape index (κ1) is 21.7. The van der Waals surface area contributed by atoms with Gasteiger partial charge in [0, 0.05) is 61.4 Å². The van der Waals surface area contributed by atoms with E-state index in [1.54, 1.807) is 12.1 Å². The van der Waals surface area contributed by atoms with Crippen molar-refractivity contribution in [1.82, 2.24) is 29.8 Å². The number of nitrogens with one attached hydrogen (secondary N) is 2. The standard InChI is InChI=1S/C28H30FN7/c29-20-4-2-19(3-5-20)25-26(21-8-14-31-27-22(21)9-15-32-27)36-23(33-25)6-7-24(34-36)35-16-11-28(12-17-35)10-1-13-30-18-28/h2-5,8-9,14-15,30H,1,6-7,10-13,16-18H2,(H,31,32). The van der Waals surface area contributed by atoms with E-state index in [0.717, 1.165) is 84.2 Å².